The Morgan fingerprint density at radius 2 is 1.74 bits per heavy atom. The Hall–Kier alpha value is -5.09. The third kappa shape index (κ3) is 5.20. The number of anilines is 1. The molecule has 0 bridgehead atoms. The van der Waals surface area contributed by atoms with Gasteiger partial charge in [-0.15, -0.1) is 0 Å². The molecule has 5 rings (SSSR count). The van der Waals surface area contributed by atoms with Gasteiger partial charge in [0.1, 0.15) is 23.3 Å². The van der Waals surface area contributed by atoms with E-state index in [2.05, 4.69) is 17.5 Å². The van der Waals surface area contributed by atoms with Crippen LogP contribution in [0, 0.1) is 18.3 Å². The standard InChI is InChI=1S/C31H24N2O5/c1-19-4-2-5-21(14-19)22-6-3-7-24(15-22)33-30(34)20-8-10-25(11-9-20)38-28-17-29-27(16-23(28)18-32)26(31(35)36)12-13-37-29/h2-11,14-17,26H,12-13H2,1H3,(H,33,34)(H,35,36). The molecule has 1 heterocycles. The summed E-state index contributed by atoms with van der Waals surface area (Å²) in [5.74, 6) is -0.885. The molecule has 0 saturated heterocycles. The summed E-state index contributed by atoms with van der Waals surface area (Å²) in [4.78, 5) is 24.5. The summed E-state index contributed by atoms with van der Waals surface area (Å²) >= 11 is 0. The lowest BCUT2D eigenvalue weighted by molar-refractivity contribution is -0.139. The minimum atomic E-state index is -0.956. The zero-order chi connectivity index (χ0) is 26.6. The van der Waals surface area contributed by atoms with Gasteiger partial charge in [0.2, 0.25) is 0 Å². The van der Waals surface area contributed by atoms with Gasteiger partial charge in [-0.05, 0) is 66.9 Å². The van der Waals surface area contributed by atoms with Gasteiger partial charge < -0.3 is 19.9 Å². The Kier molecular flexibility index (Phi) is 6.79. The molecule has 4 aromatic rings. The highest BCUT2D eigenvalue weighted by Gasteiger charge is 2.29. The van der Waals surface area contributed by atoms with E-state index in [4.69, 9.17) is 9.47 Å². The molecular weight excluding hydrogens is 480 g/mol. The Bertz CT molecular complexity index is 1570. The number of benzene rings is 4. The highest BCUT2D eigenvalue weighted by atomic mass is 16.5. The van der Waals surface area contributed by atoms with Crippen molar-refractivity contribution in [3.05, 3.63) is 107 Å². The SMILES string of the molecule is Cc1cccc(-c2cccc(NC(=O)c3ccc(Oc4cc5c(cc4C#N)C(C(=O)O)CCO5)cc3)c2)c1. The highest BCUT2D eigenvalue weighted by molar-refractivity contribution is 6.04. The molecule has 0 fully saturated rings. The van der Waals surface area contributed by atoms with Crippen LogP contribution in [-0.2, 0) is 4.79 Å². The molecule has 38 heavy (non-hydrogen) atoms. The number of aryl methyl sites for hydroxylation is 1. The van der Waals surface area contributed by atoms with E-state index in [0.29, 0.717) is 34.7 Å². The number of amides is 1. The molecular formula is C31H24N2O5. The lowest BCUT2D eigenvalue weighted by Crippen LogP contribution is -2.21. The largest absolute Gasteiger partial charge is 0.493 e. The van der Waals surface area contributed by atoms with Crippen molar-refractivity contribution in [2.24, 2.45) is 0 Å². The average Bonchev–Trinajstić information content (AvgIpc) is 2.92. The first-order valence-corrected chi connectivity index (χ1v) is 12.1. The summed E-state index contributed by atoms with van der Waals surface area (Å²) in [6.45, 7) is 2.31. The van der Waals surface area contributed by atoms with Crippen LogP contribution in [0.3, 0.4) is 0 Å². The van der Waals surface area contributed by atoms with Crippen molar-refractivity contribution < 1.29 is 24.2 Å². The van der Waals surface area contributed by atoms with Crippen LogP contribution in [0.25, 0.3) is 11.1 Å². The van der Waals surface area contributed by atoms with Crippen LogP contribution < -0.4 is 14.8 Å². The van der Waals surface area contributed by atoms with Gasteiger partial charge in [0.15, 0.2) is 0 Å². The van der Waals surface area contributed by atoms with Gasteiger partial charge in [-0.3, -0.25) is 9.59 Å². The third-order valence-electron chi connectivity index (χ3n) is 6.39. The Morgan fingerprint density at radius 3 is 2.45 bits per heavy atom. The first-order valence-electron chi connectivity index (χ1n) is 12.1. The molecule has 188 valence electrons. The molecule has 1 unspecified atom stereocenters. The Balaban J connectivity index is 1.31. The molecule has 7 nitrogen and oxygen atoms in total. The fourth-order valence-corrected chi connectivity index (χ4v) is 4.45. The molecule has 0 aromatic heterocycles. The summed E-state index contributed by atoms with van der Waals surface area (Å²) in [7, 11) is 0. The maximum Gasteiger partial charge on any atom is 0.311 e. The normalized spacial score (nSPS) is 13.9. The number of nitriles is 1. The second-order valence-electron chi connectivity index (χ2n) is 9.06. The molecule has 1 atom stereocenters. The third-order valence-corrected chi connectivity index (χ3v) is 6.39. The van der Waals surface area contributed by atoms with Gasteiger partial charge in [-0.1, -0.05) is 42.0 Å². The van der Waals surface area contributed by atoms with Crippen LogP contribution >= 0.6 is 0 Å². The number of carbonyl (C=O) groups excluding carboxylic acids is 1. The predicted octanol–water partition coefficient (Wildman–Crippen LogP) is 6.53. The topological polar surface area (TPSA) is 109 Å². The molecule has 7 heteroatoms. The van der Waals surface area contributed by atoms with E-state index in [-0.39, 0.29) is 23.8 Å². The molecule has 4 aromatic carbocycles. The van der Waals surface area contributed by atoms with Crippen molar-refractivity contribution in [2.75, 3.05) is 11.9 Å². The maximum absolute atomic E-state index is 12.9. The quantitative estimate of drug-likeness (QED) is 0.309. The highest BCUT2D eigenvalue weighted by Crippen LogP contribution is 2.39. The molecule has 0 aliphatic carbocycles. The van der Waals surface area contributed by atoms with Gasteiger partial charge in [-0.2, -0.15) is 5.26 Å². The summed E-state index contributed by atoms with van der Waals surface area (Å²) in [6.07, 6.45) is 0.340. The monoisotopic (exact) mass is 504 g/mol. The molecule has 1 amide bonds. The zero-order valence-corrected chi connectivity index (χ0v) is 20.6. The number of carboxylic acids is 1. The number of hydrogen-bond acceptors (Lipinski definition) is 5. The van der Waals surface area contributed by atoms with Gasteiger partial charge >= 0.3 is 5.97 Å². The Morgan fingerprint density at radius 1 is 1.00 bits per heavy atom. The molecule has 0 radical (unpaired) electrons. The average molecular weight is 505 g/mol. The van der Waals surface area contributed by atoms with Crippen LogP contribution in [0.5, 0.6) is 17.2 Å². The molecule has 1 aliphatic rings. The number of nitrogens with one attached hydrogen (secondary N) is 1. The fourth-order valence-electron chi connectivity index (χ4n) is 4.45. The summed E-state index contributed by atoms with van der Waals surface area (Å²) in [6, 6.07) is 27.5. The van der Waals surface area contributed by atoms with Crippen LogP contribution in [0.4, 0.5) is 5.69 Å². The number of carbonyl (C=O) groups is 2. The number of rotatable bonds is 6. The van der Waals surface area contributed by atoms with E-state index in [1.54, 1.807) is 30.3 Å². The molecule has 0 spiro atoms. The number of nitrogens with zero attached hydrogens (tertiary/aromatic N) is 1. The summed E-state index contributed by atoms with van der Waals surface area (Å²) < 4.78 is 11.5. The zero-order valence-electron chi connectivity index (χ0n) is 20.6. The van der Waals surface area contributed by atoms with Crippen LogP contribution in [-0.4, -0.2) is 23.6 Å². The summed E-state index contributed by atoms with van der Waals surface area (Å²) in [5, 5.41) is 22.0. The Labute approximate surface area is 219 Å². The molecule has 2 N–H and O–H groups in total. The lowest BCUT2D eigenvalue weighted by atomic mass is 9.91. The van der Waals surface area contributed by atoms with Crippen molar-refractivity contribution in [1.29, 1.82) is 5.26 Å². The number of hydrogen-bond donors (Lipinski definition) is 2. The second-order valence-corrected chi connectivity index (χ2v) is 9.06. The molecule has 1 aliphatic heterocycles. The van der Waals surface area contributed by atoms with Gasteiger partial charge in [0.25, 0.3) is 5.91 Å². The van der Waals surface area contributed by atoms with E-state index in [0.717, 1.165) is 16.7 Å². The van der Waals surface area contributed by atoms with Crippen LogP contribution in [0.15, 0.2) is 84.9 Å². The first kappa shape index (κ1) is 24.6. The number of carboxylic acid groups (broad SMARTS) is 1. The van der Waals surface area contributed by atoms with E-state index < -0.39 is 11.9 Å². The van der Waals surface area contributed by atoms with Crippen LogP contribution in [0.1, 0.15) is 39.4 Å². The van der Waals surface area contributed by atoms with Crippen molar-refractivity contribution in [1.82, 2.24) is 0 Å². The van der Waals surface area contributed by atoms with Gasteiger partial charge in [0, 0.05) is 22.9 Å². The number of aliphatic carboxylic acids is 1. The maximum atomic E-state index is 12.9. The lowest BCUT2D eigenvalue weighted by Gasteiger charge is -2.24. The van der Waals surface area contributed by atoms with Crippen molar-refractivity contribution >= 4 is 17.6 Å². The minimum absolute atomic E-state index is 0.204. The van der Waals surface area contributed by atoms with E-state index in [1.165, 1.54) is 6.07 Å². The smallest absolute Gasteiger partial charge is 0.311 e. The first-order chi connectivity index (χ1) is 18.4. The van der Waals surface area contributed by atoms with Crippen LogP contribution in [0.2, 0.25) is 0 Å². The predicted molar refractivity (Wildman–Crippen MR) is 143 cm³/mol. The fraction of sp³-hybridized carbons (Fsp3) is 0.129. The van der Waals surface area contributed by atoms with E-state index in [9.17, 15) is 20.0 Å². The van der Waals surface area contributed by atoms with Crippen molar-refractivity contribution in [3.63, 3.8) is 0 Å². The van der Waals surface area contributed by atoms with E-state index in [1.807, 2.05) is 49.4 Å². The van der Waals surface area contributed by atoms with Gasteiger partial charge in [-0.25, -0.2) is 0 Å². The summed E-state index contributed by atoms with van der Waals surface area (Å²) in [5.41, 5.74) is 5.03. The van der Waals surface area contributed by atoms with E-state index >= 15 is 0 Å². The number of fused-ring (bicyclic) bond motifs is 1. The van der Waals surface area contributed by atoms with Gasteiger partial charge in [0.05, 0.1) is 18.1 Å². The number of ether oxygens (including phenoxy) is 2. The van der Waals surface area contributed by atoms with Crippen molar-refractivity contribution in [2.45, 2.75) is 19.3 Å². The second kappa shape index (κ2) is 10.5. The van der Waals surface area contributed by atoms with Crippen molar-refractivity contribution in [3.8, 4) is 34.4 Å². The molecule has 0 saturated carbocycles. The minimum Gasteiger partial charge on any atom is -0.493 e.